The van der Waals surface area contributed by atoms with Gasteiger partial charge in [0.2, 0.25) is 5.82 Å². The van der Waals surface area contributed by atoms with Crippen LogP contribution >= 0.6 is 11.3 Å². The number of nitrogens with zero attached hydrogens (tertiary/aromatic N) is 3. The highest BCUT2D eigenvalue weighted by atomic mass is 32.1. The first-order valence-corrected chi connectivity index (χ1v) is 7.36. The Morgan fingerprint density at radius 1 is 1.45 bits per heavy atom. The third-order valence-electron chi connectivity index (χ3n) is 3.17. The molecule has 0 spiro atoms. The molecule has 2 heterocycles. The lowest BCUT2D eigenvalue weighted by molar-refractivity contribution is -0.384. The molecule has 1 unspecified atom stereocenters. The number of anilines is 1. The van der Waals surface area contributed by atoms with Gasteiger partial charge in [0.1, 0.15) is 5.69 Å². The first-order chi connectivity index (χ1) is 9.41. The van der Waals surface area contributed by atoms with Crippen molar-refractivity contribution in [2.24, 2.45) is 7.05 Å². The maximum Gasteiger partial charge on any atom is 0.334 e. The van der Waals surface area contributed by atoms with Crippen molar-refractivity contribution in [1.29, 1.82) is 0 Å². The van der Waals surface area contributed by atoms with E-state index in [1.54, 1.807) is 23.1 Å². The third kappa shape index (κ3) is 2.67. The molecule has 6 nitrogen and oxygen atoms in total. The van der Waals surface area contributed by atoms with E-state index in [0.29, 0.717) is 11.5 Å². The van der Waals surface area contributed by atoms with Crippen LogP contribution in [0.25, 0.3) is 0 Å². The summed E-state index contributed by atoms with van der Waals surface area (Å²) in [6.07, 6.45) is 0. The van der Waals surface area contributed by atoms with Gasteiger partial charge in [0.25, 0.3) is 0 Å². The van der Waals surface area contributed by atoms with Crippen molar-refractivity contribution in [1.82, 2.24) is 9.78 Å². The van der Waals surface area contributed by atoms with Crippen molar-refractivity contribution < 1.29 is 4.92 Å². The predicted octanol–water partition coefficient (Wildman–Crippen LogP) is 3.69. The Morgan fingerprint density at radius 3 is 2.65 bits per heavy atom. The number of hydrogen-bond acceptors (Lipinski definition) is 5. The van der Waals surface area contributed by atoms with E-state index in [-0.39, 0.29) is 22.6 Å². The lowest BCUT2D eigenvalue weighted by Crippen LogP contribution is -2.10. The molecule has 0 radical (unpaired) electrons. The van der Waals surface area contributed by atoms with Gasteiger partial charge in [0.05, 0.1) is 11.0 Å². The van der Waals surface area contributed by atoms with Crippen molar-refractivity contribution in [2.45, 2.75) is 32.7 Å². The molecule has 2 aromatic rings. The number of thiophene rings is 1. The highest BCUT2D eigenvalue weighted by Gasteiger charge is 2.29. The van der Waals surface area contributed by atoms with Crippen molar-refractivity contribution in [3.8, 4) is 0 Å². The molecule has 0 aliphatic carbocycles. The van der Waals surface area contributed by atoms with Crippen LogP contribution in [0.3, 0.4) is 0 Å². The van der Waals surface area contributed by atoms with Crippen LogP contribution in [0.2, 0.25) is 0 Å². The smallest absolute Gasteiger partial charge is 0.334 e. The van der Waals surface area contributed by atoms with E-state index >= 15 is 0 Å². The molecule has 7 heteroatoms. The minimum atomic E-state index is -0.356. The van der Waals surface area contributed by atoms with E-state index in [1.807, 2.05) is 37.6 Å². The van der Waals surface area contributed by atoms with E-state index < -0.39 is 0 Å². The predicted molar refractivity (Wildman–Crippen MR) is 80.3 cm³/mol. The van der Waals surface area contributed by atoms with Gasteiger partial charge >= 0.3 is 5.69 Å². The van der Waals surface area contributed by atoms with Crippen LogP contribution in [0, 0.1) is 10.1 Å². The number of rotatable bonds is 5. The number of aromatic nitrogens is 2. The zero-order valence-electron chi connectivity index (χ0n) is 12.0. The molecule has 0 bridgehead atoms. The minimum Gasteiger partial charge on any atom is -0.358 e. The molecule has 0 fully saturated rings. The normalized spacial score (nSPS) is 12.7. The monoisotopic (exact) mass is 294 g/mol. The van der Waals surface area contributed by atoms with Crippen LogP contribution in [0.15, 0.2) is 16.8 Å². The lowest BCUT2D eigenvalue weighted by atomic mass is 10.1. The summed E-state index contributed by atoms with van der Waals surface area (Å²) in [6, 6.07) is 2.00. The Balaban J connectivity index is 2.38. The zero-order valence-corrected chi connectivity index (χ0v) is 12.8. The fourth-order valence-electron chi connectivity index (χ4n) is 2.07. The zero-order chi connectivity index (χ0) is 14.9. The molecule has 1 atom stereocenters. The number of aryl methyl sites for hydroxylation is 1. The molecule has 0 saturated heterocycles. The average molecular weight is 294 g/mol. The van der Waals surface area contributed by atoms with Crippen LogP contribution in [0.5, 0.6) is 0 Å². The maximum absolute atomic E-state index is 11.3. The van der Waals surface area contributed by atoms with Crippen LogP contribution < -0.4 is 5.32 Å². The molecule has 108 valence electrons. The first-order valence-electron chi connectivity index (χ1n) is 6.41. The molecular formula is C13H18N4O2S. The fourth-order valence-corrected chi connectivity index (χ4v) is 2.83. The largest absolute Gasteiger partial charge is 0.358 e. The molecule has 20 heavy (non-hydrogen) atoms. The van der Waals surface area contributed by atoms with Gasteiger partial charge in [0.15, 0.2) is 0 Å². The first kappa shape index (κ1) is 14.5. The fraction of sp³-hybridized carbons (Fsp3) is 0.462. The Labute approximate surface area is 121 Å². The Morgan fingerprint density at radius 2 is 2.15 bits per heavy atom. The Hall–Kier alpha value is -1.89. The molecule has 2 rings (SSSR count). The highest BCUT2D eigenvalue weighted by molar-refractivity contribution is 7.07. The second-order valence-corrected chi connectivity index (χ2v) is 5.82. The molecule has 0 saturated carbocycles. The molecular weight excluding hydrogens is 276 g/mol. The van der Waals surface area contributed by atoms with Crippen LogP contribution in [0.4, 0.5) is 11.5 Å². The van der Waals surface area contributed by atoms with Crippen LogP contribution in [-0.4, -0.2) is 14.7 Å². The van der Waals surface area contributed by atoms with Crippen molar-refractivity contribution in [3.05, 3.63) is 38.2 Å². The maximum atomic E-state index is 11.3. The quantitative estimate of drug-likeness (QED) is 0.674. The van der Waals surface area contributed by atoms with Gasteiger partial charge in [-0.25, -0.2) is 4.68 Å². The number of hydrogen-bond donors (Lipinski definition) is 1. The van der Waals surface area contributed by atoms with Crippen molar-refractivity contribution in [3.63, 3.8) is 0 Å². The van der Waals surface area contributed by atoms with Crippen molar-refractivity contribution >= 4 is 22.8 Å². The van der Waals surface area contributed by atoms with Crippen LogP contribution in [-0.2, 0) is 7.05 Å². The van der Waals surface area contributed by atoms with E-state index in [9.17, 15) is 10.1 Å². The molecule has 0 aromatic carbocycles. The summed E-state index contributed by atoms with van der Waals surface area (Å²) in [7, 11) is 1.72. The topological polar surface area (TPSA) is 73.0 Å². The standard InChI is InChI=1S/C13H18N4O2S/c1-8(2)11-12(17(18)19)13(16(4)15-11)14-9(3)10-5-6-20-7-10/h5-9,14H,1-4H3. The summed E-state index contributed by atoms with van der Waals surface area (Å²) in [5.74, 6) is 0.464. The van der Waals surface area contributed by atoms with E-state index in [1.165, 1.54) is 0 Å². The van der Waals surface area contributed by atoms with Gasteiger partial charge in [-0.15, -0.1) is 0 Å². The summed E-state index contributed by atoms with van der Waals surface area (Å²) in [5.41, 5.74) is 1.69. The van der Waals surface area contributed by atoms with E-state index in [0.717, 1.165) is 5.56 Å². The lowest BCUT2D eigenvalue weighted by Gasteiger charge is -2.13. The molecule has 1 N–H and O–H groups in total. The number of nitro groups is 1. The van der Waals surface area contributed by atoms with Gasteiger partial charge in [-0.2, -0.15) is 16.4 Å². The second-order valence-electron chi connectivity index (χ2n) is 5.04. The van der Waals surface area contributed by atoms with Crippen LogP contribution in [0.1, 0.15) is 44.0 Å². The number of nitrogens with one attached hydrogen (secondary N) is 1. The van der Waals surface area contributed by atoms with Gasteiger partial charge in [-0.3, -0.25) is 10.1 Å². The van der Waals surface area contributed by atoms with Gasteiger partial charge in [-0.1, -0.05) is 13.8 Å². The van der Waals surface area contributed by atoms with Gasteiger partial charge in [0, 0.05) is 13.0 Å². The summed E-state index contributed by atoms with van der Waals surface area (Å²) >= 11 is 1.61. The summed E-state index contributed by atoms with van der Waals surface area (Å²) < 4.78 is 1.55. The summed E-state index contributed by atoms with van der Waals surface area (Å²) in [4.78, 5) is 11.0. The van der Waals surface area contributed by atoms with E-state index in [2.05, 4.69) is 10.4 Å². The van der Waals surface area contributed by atoms with E-state index in [4.69, 9.17) is 0 Å². The van der Waals surface area contributed by atoms with Crippen molar-refractivity contribution in [2.75, 3.05) is 5.32 Å². The Kier molecular flexibility index (Phi) is 4.08. The second kappa shape index (κ2) is 5.62. The SMILES string of the molecule is CC(C)c1nn(C)c(NC(C)c2ccsc2)c1[N+](=O)[O-]. The summed E-state index contributed by atoms with van der Waals surface area (Å²) in [6.45, 7) is 5.79. The highest BCUT2D eigenvalue weighted by Crippen LogP contribution is 2.34. The third-order valence-corrected chi connectivity index (χ3v) is 3.88. The Bertz CT molecular complexity index is 604. The summed E-state index contributed by atoms with van der Waals surface area (Å²) in [5, 5.41) is 22.8. The molecule has 0 amide bonds. The average Bonchev–Trinajstić information content (AvgIpc) is 2.97. The molecule has 2 aromatic heterocycles. The molecule has 0 aliphatic heterocycles. The van der Waals surface area contributed by atoms with Gasteiger partial charge < -0.3 is 5.32 Å². The van der Waals surface area contributed by atoms with Gasteiger partial charge in [-0.05, 0) is 29.3 Å². The molecule has 0 aliphatic rings. The minimum absolute atomic E-state index is 0.00429.